The van der Waals surface area contributed by atoms with Crippen LogP contribution in [0, 0.1) is 29.1 Å². The van der Waals surface area contributed by atoms with Crippen LogP contribution in [0.4, 0.5) is 0 Å². The summed E-state index contributed by atoms with van der Waals surface area (Å²) < 4.78 is 0. The summed E-state index contributed by atoms with van der Waals surface area (Å²) in [5, 5.41) is 0. The summed E-state index contributed by atoms with van der Waals surface area (Å²) in [6.45, 7) is 13.5. The van der Waals surface area contributed by atoms with Crippen molar-refractivity contribution in [1.29, 1.82) is 0 Å². The van der Waals surface area contributed by atoms with Crippen LogP contribution in [0.15, 0.2) is 60.7 Å². The predicted octanol–water partition coefficient (Wildman–Crippen LogP) is 9.38. The van der Waals surface area contributed by atoms with E-state index in [1.807, 2.05) is 0 Å². The van der Waals surface area contributed by atoms with E-state index in [2.05, 4.69) is 102 Å². The highest BCUT2D eigenvalue weighted by atomic mass is 14.3. The van der Waals surface area contributed by atoms with E-state index in [1.54, 1.807) is 0 Å². The van der Waals surface area contributed by atoms with Crippen molar-refractivity contribution in [1.82, 2.24) is 0 Å². The average Bonchev–Trinajstić information content (AvgIpc) is 3.30. The molecule has 0 heteroatoms. The fourth-order valence-electron chi connectivity index (χ4n) is 4.92. The van der Waals surface area contributed by atoms with Gasteiger partial charge in [0.15, 0.2) is 0 Å². The molecule has 2 fully saturated rings. The maximum absolute atomic E-state index is 2.38. The second kappa shape index (κ2) is 13.1. The van der Waals surface area contributed by atoms with Crippen molar-refractivity contribution in [2.75, 3.05) is 0 Å². The van der Waals surface area contributed by atoms with Crippen LogP contribution in [0.3, 0.4) is 0 Å². The van der Waals surface area contributed by atoms with Crippen LogP contribution >= 0.6 is 0 Å². The number of hydrogen-bond donors (Lipinski definition) is 0. The maximum Gasteiger partial charge on any atom is -0.0250 e. The van der Waals surface area contributed by atoms with Crippen LogP contribution in [-0.4, -0.2) is 0 Å². The molecule has 2 aromatic carbocycles. The SMILES string of the molecule is CC(C)(C)C.CC1CCC(Cc2ccccc2)C1.CC1CCC(Cc2ccccc2)C1. The highest BCUT2D eigenvalue weighted by molar-refractivity contribution is 5.16. The van der Waals surface area contributed by atoms with Crippen LogP contribution in [0.25, 0.3) is 0 Å². The topological polar surface area (TPSA) is 0 Å². The molecule has 2 aromatic rings. The largest absolute Gasteiger partial charge is 0.0625 e. The summed E-state index contributed by atoms with van der Waals surface area (Å²) in [7, 11) is 0. The Balaban J connectivity index is 0.000000182. The minimum atomic E-state index is 0.500. The molecule has 2 aliphatic carbocycles. The van der Waals surface area contributed by atoms with Gasteiger partial charge in [0.25, 0.3) is 0 Å². The van der Waals surface area contributed by atoms with E-state index in [0.717, 1.165) is 23.7 Å². The molecule has 0 amide bonds. The zero-order valence-corrected chi connectivity index (χ0v) is 21.2. The molecule has 0 aliphatic heterocycles. The molecule has 2 aliphatic rings. The maximum atomic E-state index is 2.38. The summed E-state index contributed by atoms with van der Waals surface area (Å²) >= 11 is 0. The summed E-state index contributed by atoms with van der Waals surface area (Å²) in [4.78, 5) is 0. The molecular formula is C31H48. The van der Waals surface area contributed by atoms with Crippen molar-refractivity contribution in [3.8, 4) is 0 Å². The van der Waals surface area contributed by atoms with E-state index in [0.29, 0.717) is 5.41 Å². The molecule has 4 atom stereocenters. The van der Waals surface area contributed by atoms with Crippen LogP contribution in [0.5, 0.6) is 0 Å². The van der Waals surface area contributed by atoms with Crippen molar-refractivity contribution >= 4 is 0 Å². The van der Waals surface area contributed by atoms with Gasteiger partial charge in [0.05, 0.1) is 0 Å². The number of benzene rings is 2. The number of rotatable bonds is 4. The zero-order valence-electron chi connectivity index (χ0n) is 21.2. The monoisotopic (exact) mass is 420 g/mol. The molecule has 0 saturated heterocycles. The summed E-state index contributed by atoms with van der Waals surface area (Å²) in [6, 6.07) is 21.8. The second-order valence-corrected chi connectivity index (χ2v) is 11.9. The molecule has 0 spiro atoms. The molecule has 31 heavy (non-hydrogen) atoms. The molecule has 0 bridgehead atoms. The van der Waals surface area contributed by atoms with Crippen LogP contribution in [0.1, 0.15) is 91.2 Å². The highest BCUT2D eigenvalue weighted by Crippen LogP contribution is 2.33. The lowest BCUT2D eigenvalue weighted by Gasteiger charge is -2.08. The second-order valence-electron chi connectivity index (χ2n) is 11.9. The Bertz CT molecular complexity index is 630. The van der Waals surface area contributed by atoms with Gasteiger partial charge in [-0.3, -0.25) is 0 Å². The van der Waals surface area contributed by atoms with Crippen molar-refractivity contribution < 1.29 is 0 Å². The molecule has 172 valence electrons. The van der Waals surface area contributed by atoms with Gasteiger partial charge in [0.2, 0.25) is 0 Å². The first-order valence-corrected chi connectivity index (χ1v) is 12.8. The van der Waals surface area contributed by atoms with Gasteiger partial charge in [-0.2, -0.15) is 0 Å². The molecule has 0 N–H and O–H groups in total. The third-order valence-corrected chi connectivity index (χ3v) is 6.34. The summed E-state index contributed by atoms with van der Waals surface area (Å²) in [5.74, 6) is 3.84. The number of hydrogen-bond acceptors (Lipinski definition) is 0. The Morgan fingerprint density at radius 2 is 0.903 bits per heavy atom. The molecule has 2 saturated carbocycles. The molecule has 4 rings (SSSR count). The minimum Gasteiger partial charge on any atom is -0.0625 e. The van der Waals surface area contributed by atoms with Crippen LogP contribution in [0.2, 0.25) is 0 Å². The fraction of sp³-hybridized carbons (Fsp3) is 0.613. The normalized spacial score (nSPS) is 25.2. The highest BCUT2D eigenvalue weighted by Gasteiger charge is 2.21. The van der Waals surface area contributed by atoms with E-state index in [-0.39, 0.29) is 0 Å². The van der Waals surface area contributed by atoms with Crippen molar-refractivity contribution in [2.24, 2.45) is 29.1 Å². The van der Waals surface area contributed by atoms with Gasteiger partial charge in [0.1, 0.15) is 0 Å². The zero-order chi connectivity index (χ0) is 22.7. The van der Waals surface area contributed by atoms with E-state index in [1.165, 1.54) is 62.5 Å². The summed E-state index contributed by atoms with van der Waals surface area (Å²) in [6.07, 6.45) is 11.2. The van der Waals surface area contributed by atoms with Gasteiger partial charge in [0, 0.05) is 0 Å². The summed E-state index contributed by atoms with van der Waals surface area (Å²) in [5.41, 5.74) is 3.53. The average molecular weight is 421 g/mol. The molecule has 0 heterocycles. The lowest BCUT2D eigenvalue weighted by Crippen LogP contribution is -1.99. The Kier molecular flexibility index (Phi) is 10.9. The lowest BCUT2D eigenvalue weighted by atomic mass is 9.97. The fourth-order valence-corrected chi connectivity index (χ4v) is 4.92. The van der Waals surface area contributed by atoms with Crippen molar-refractivity contribution in [3.63, 3.8) is 0 Å². The Morgan fingerprint density at radius 1 is 0.581 bits per heavy atom. The predicted molar refractivity (Wildman–Crippen MR) is 138 cm³/mol. The van der Waals surface area contributed by atoms with Crippen LogP contribution in [-0.2, 0) is 12.8 Å². The Morgan fingerprint density at radius 3 is 1.16 bits per heavy atom. The molecule has 4 unspecified atom stereocenters. The van der Waals surface area contributed by atoms with Crippen molar-refractivity contribution in [2.45, 2.75) is 92.9 Å². The van der Waals surface area contributed by atoms with E-state index < -0.39 is 0 Å². The lowest BCUT2D eigenvalue weighted by molar-refractivity contribution is 0.469. The smallest absolute Gasteiger partial charge is 0.0250 e. The first kappa shape index (κ1) is 25.7. The Labute approximate surface area is 193 Å². The van der Waals surface area contributed by atoms with E-state index in [4.69, 9.17) is 0 Å². The first-order valence-electron chi connectivity index (χ1n) is 12.8. The van der Waals surface area contributed by atoms with Crippen molar-refractivity contribution in [3.05, 3.63) is 71.8 Å². The first-order chi connectivity index (χ1) is 14.7. The molecular weight excluding hydrogens is 372 g/mol. The minimum absolute atomic E-state index is 0.500. The van der Waals surface area contributed by atoms with Gasteiger partial charge in [-0.05, 0) is 78.7 Å². The standard InChI is InChI=1S/2C13H18.C5H12/c2*1-11-7-8-13(9-11)10-12-5-3-2-4-6-12;1-5(2,3)4/h2*2-6,11,13H,7-10H2,1H3;1-4H3. The third-order valence-electron chi connectivity index (χ3n) is 6.34. The van der Waals surface area contributed by atoms with Gasteiger partial charge in [-0.15, -0.1) is 0 Å². The quantitative estimate of drug-likeness (QED) is 0.462. The third kappa shape index (κ3) is 12.2. The van der Waals surface area contributed by atoms with Gasteiger partial charge >= 0.3 is 0 Å². The Hall–Kier alpha value is -1.56. The molecule has 0 radical (unpaired) electrons. The van der Waals surface area contributed by atoms with E-state index in [9.17, 15) is 0 Å². The molecule has 0 nitrogen and oxygen atoms in total. The van der Waals surface area contributed by atoms with Gasteiger partial charge in [-0.25, -0.2) is 0 Å². The molecule has 0 aromatic heterocycles. The van der Waals surface area contributed by atoms with Crippen LogP contribution < -0.4 is 0 Å². The van der Waals surface area contributed by atoms with Gasteiger partial charge < -0.3 is 0 Å². The van der Waals surface area contributed by atoms with Gasteiger partial charge in [-0.1, -0.05) is 115 Å². The van der Waals surface area contributed by atoms with E-state index >= 15 is 0 Å².